The lowest BCUT2D eigenvalue weighted by atomic mass is 10.0. The van der Waals surface area contributed by atoms with E-state index in [1.165, 1.54) is 25.7 Å². The van der Waals surface area contributed by atoms with E-state index in [-0.39, 0.29) is 49.8 Å². The Kier molecular flexibility index (Phi) is 22.8. The van der Waals surface area contributed by atoms with Gasteiger partial charge in [-0.05, 0) is 99.3 Å². The first-order chi connectivity index (χ1) is 29.4. The molecular weight excluding hydrogens is 811 g/mol. The van der Waals surface area contributed by atoms with Crippen LogP contribution in [0.25, 0.3) is 0 Å². The Morgan fingerprint density at radius 2 is 1.02 bits per heavy atom. The van der Waals surface area contributed by atoms with Crippen molar-refractivity contribution in [2.24, 2.45) is 0 Å². The highest BCUT2D eigenvalue weighted by atomic mass is 16.7. The summed E-state index contributed by atoms with van der Waals surface area (Å²) in [6.45, 7) is 16.4. The van der Waals surface area contributed by atoms with Gasteiger partial charge < -0.3 is 39.5 Å². The topological polar surface area (TPSA) is 200 Å². The highest BCUT2D eigenvalue weighted by molar-refractivity contribution is 5.97. The first-order valence-corrected chi connectivity index (χ1v) is 22.6. The number of ether oxygens (including phenoxy) is 3. The van der Waals surface area contributed by atoms with Crippen LogP contribution in [-0.4, -0.2) is 84.9 Å². The number of hydrogen-bond donors (Lipinski definition) is 3. The molecule has 0 spiro atoms. The van der Waals surface area contributed by atoms with E-state index in [9.17, 15) is 39.0 Å². The summed E-state index contributed by atoms with van der Waals surface area (Å²) in [6.07, 6.45) is 13.1. The van der Waals surface area contributed by atoms with Crippen molar-refractivity contribution >= 4 is 35.7 Å². The lowest BCUT2D eigenvalue weighted by Gasteiger charge is -2.25. The number of unbranched alkanes of at least 4 members (excludes halogenated alkanes) is 11. The molecule has 3 N–H and O–H groups in total. The zero-order valence-electron chi connectivity index (χ0n) is 39.3. The Morgan fingerprint density at radius 3 is 1.49 bits per heavy atom. The molecule has 1 heterocycles. The maximum Gasteiger partial charge on any atom is 0.333 e. The van der Waals surface area contributed by atoms with Crippen molar-refractivity contribution in [3.8, 4) is 11.8 Å². The molecule has 2 aromatic rings. The number of aromatic hydroxyl groups is 2. The number of esters is 3. The van der Waals surface area contributed by atoms with Gasteiger partial charge in [0.05, 0.1) is 12.8 Å². The molecule has 0 unspecified atom stereocenters. The molecule has 354 valence electrons. The molecule has 2 amide bonds. The van der Waals surface area contributed by atoms with E-state index in [0.29, 0.717) is 17.6 Å². The molecule has 1 aromatic heterocycles. The summed E-state index contributed by atoms with van der Waals surface area (Å²) in [4.78, 5) is 83.5. The summed E-state index contributed by atoms with van der Waals surface area (Å²) in [7, 11) is 0. The van der Waals surface area contributed by atoms with E-state index in [0.717, 1.165) is 69.1 Å². The van der Waals surface area contributed by atoms with E-state index in [1.807, 2.05) is 20.8 Å². The molecule has 15 heteroatoms. The van der Waals surface area contributed by atoms with Crippen molar-refractivity contribution in [1.29, 1.82) is 0 Å². The fraction of sp³-hybridized carbons (Fsp3) is 0.667. The normalized spacial score (nSPS) is 12.3. The number of carbonyl (C=O) groups excluding carboxylic acids is 6. The van der Waals surface area contributed by atoms with Crippen LogP contribution in [0.2, 0.25) is 0 Å². The summed E-state index contributed by atoms with van der Waals surface area (Å²) in [5.41, 5.74) is -1.02. The third-order valence-corrected chi connectivity index (χ3v) is 9.51. The molecule has 0 radical (unpaired) electrons. The third kappa shape index (κ3) is 24.4. The maximum absolute atomic E-state index is 13.5. The minimum atomic E-state index is -1.23. The monoisotopic (exact) mass is 886 g/mol. The number of hydrogen-bond acceptors (Lipinski definition) is 12. The van der Waals surface area contributed by atoms with Crippen LogP contribution >= 0.6 is 0 Å². The van der Waals surface area contributed by atoms with Gasteiger partial charge in [-0.15, -0.1) is 4.73 Å². The lowest BCUT2D eigenvalue weighted by molar-refractivity contribution is -0.158. The van der Waals surface area contributed by atoms with E-state index < -0.39 is 58.4 Å². The van der Waals surface area contributed by atoms with Gasteiger partial charge in [-0.2, -0.15) is 0 Å². The minimum absolute atomic E-state index is 0.0307. The van der Waals surface area contributed by atoms with Crippen molar-refractivity contribution < 1.29 is 58.0 Å². The van der Waals surface area contributed by atoms with Crippen LogP contribution in [0.3, 0.4) is 0 Å². The molecule has 0 saturated heterocycles. The molecule has 0 bridgehead atoms. The van der Waals surface area contributed by atoms with Gasteiger partial charge in [-0.25, -0.2) is 9.59 Å². The Labute approximate surface area is 374 Å². The van der Waals surface area contributed by atoms with Gasteiger partial charge in [0, 0.05) is 43.6 Å². The summed E-state index contributed by atoms with van der Waals surface area (Å²) in [5, 5.41) is 22.2. The van der Waals surface area contributed by atoms with Crippen LogP contribution in [0.1, 0.15) is 187 Å². The molecule has 0 aliphatic carbocycles. The first-order valence-electron chi connectivity index (χ1n) is 22.6. The summed E-state index contributed by atoms with van der Waals surface area (Å²) < 4.78 is 16.9. The third-order valence-electron chi connectivity index (χ3n) is 9.51. The predicted octanol–water partition coefficient (Wildman–Crippen LogP) is 8.64. The predicted molar refractivity (Wildman–Crippen MR) is 238 cm³/mol. The second-order valence-corrected chi connectivity index (χ2v) is 19.1. The van der Waals surface area contributed by atoms with Crippen molar-refractivity contribution in [2.75, 3.05) is 6.54 Å². The van der Waals surface area contributed by atoms with E-state index in [2.05, 4.69) is 5.32 Å². The fourth-order valence-electron chi connectivity index (χ4n) is 6.53. The second-order valence-electron chi connectivity index (χ2n) is 19.1. The largest absolute Gasteiger partial charge is 0.492 e. The van der Waals surface area contributed by atoms with Crippen molar-refractivity contribution in [3.05, 3.63) is 47.5 Å². The number of benzene rings is 1. The van der Waals surface area contributed by atoms with Gasteiger partial charge in [-0.3, -0.25) is 19.2 Å². The van der Waals surface area contributed by atoms with Gasteiger partial charge in [-0.1, -0.05) is 76.3 Å². The highest BCUT2D eigenvalue weighted by Gasteiger charge is 2.29. The summed E-state index contributed by atoms with van der Waals surface area (Å²) in [6, 6.07) is 7.56. The standard InChI is InChI=1S/C48H75N3O12/c1-46(2,3)60-41(55)23-21-19-17-15-13-11-10-12-14-16-18-20-22-38(52)50(33-32-42(56)61-47(4,5)6)34-35-24-26-36(27-25-35)44(58)49-37(45(59)62-48(7,8)9)28-31-43(57)63-51-39(53)29-30-40(51)54/h24-27,29-30,37,53-54H,10-23,28,31-34H2,1-9H3,(H,49,58)/t37-/m0/s1. The van der Waals surface area contributed by atoms with Crippen LogP contribution in [0.15, 0.2) is 36.4 Å². The highest BCUT2D eigenvalue weighted by Crippen LogP contribution is 2.21. The smallest absolute Gasteiger partial charge is 0.333 e. The second kappa shape index (κ2) is 26.5. The van der Waals surface area contributed by atoms with Crippen molar-refractivity contribution in [3.63, 3.8) is 0 Å². The quantitative estimate of drug-likeness (QED) is 0.0439. The Hall–Kier alpha value is -5.08. The Bertz CT molecular complexity index is 1730. The Balaban J connectivity index is 1.89. The van der Waals surface area contributed by atoms with Gasteiger partial charge in [0.2, 0.25) is 17.7 Å². The number of carbonyl (C=O) groups is 6. The van der Waals surface area contributed by atoms with Crippen LogP contribution in [-0.2, 0) is 44.7 Å². The number of aromatic nitrogens is 1. The van der Waals surface area contributed by atoms with Crippen LogP contribution in [0, 0.1) is 0 Å². The molecule has 0 fully saturated rings. The number of nitrogens with one attached hydrogen (secondary N) is 1. The van der Waals surface area contributed by atoms with E-state index in [4.69, 9.17) is 19.0 Å². The molecule has 2 rings (SSSR count). The first kappa shape index (κ1) is 54.1. The summed E-state index contributed by atoms with van der Waals surface area (Å²) in [5.74, 6) is -3.85. The number of nitrogens with zero attached hydrogens (tertiary/aromatic N) is 2. The summed E-state index contributed by atoms with van der Waals surface area (Å²) >= 11 is 0. The van der Waals surface area contributed by atoms with Crippen molar-refractivity contribution in [1.82, 2.24) is 14.9 Å². The van der Waals surface area contributed by atoms with Crippen LogP contribution < -0.4 is 10.2 Å². The fourth-order valence-corrected chi connectivity index (χ4v) is 6.53. The molecule has 1 atom stereocenters. The number of amides is 2. The van der Waals surface area contributed by atoms with Gasteiger partial charge in [0.25, 0.3) is 5.91 Å². The average molecular weight is 886 g/mol. The van der Waals surface area contributed by atoms with Crippen molar-refractivity contribution in [2.45, 2.75) is 201 Å². The molecule has 63 heavy (non-hydrogen) atoms. The Morgan fingerprint density at radius 1 is 0.571 bits per heavy atom. The number of rotatable bonds is 27. The van der Waals surface area contributed by atoms with Gasteiger partial charge in [0.15, 0.2) is 0 Å². The zero-order valence-corrected chi connectivity index (χ0v) is 39.3. The van der Waals surface area contributed by atoms with Crippen LogP contribution in [0.5, 0.6) is 11.8 Å². The maximum atomic E-state index is 13.5. The van der Waals surface area contributed by atoms with E-state index >= 15 is 0 Å². The van der Waals surface area contributed by atoms with E-state index in [1.54, 1.807) is 70.7 Å². The molecule has 0 saturated carbocycles. The average Bonchev–Trinajstić information content (AvgIpc) is 3.48. The molecule has 1 aromatic carbocycles. The lowest BCUT2D eigenvalue weighted by Crippen LogP contribution is -2.44. The van der Waals surface area contributed by atoms with Crippen LogP contribution in [0.4, 0.5) is 0 Å². The van der Waals surface area contributed by atoms with Gasteiger partial charge in [0.1, 0.15) is 22.8 Å². The molecule has 0 aliphatic heterocycles. The molecule has 0 aliphatic rings. The minimum Gasteiger partial charge on any atom is -0.492 e. The SMILES string of the molecule is CC(C)(C)OC(=O)CCCCCCCCCCCCCCC(=O)N(CCC(=O)OC(C)(C)C)Cc1ccc(C(=O)N[C@@H](CCC(=O)On2c(O)ccc2O)C(=O)OC(C)(C)C)cc1. The van der Waals surface area contributed by atoms with Gasteiger partial charge >= 0.3 is 23.9 Å². The molecular formula is C48H75N3O12. The molecule has 15 nitrogen and oxygen atoms in total. The zero-order chi connectivity index (χ0) is 47.2.